The standard InChI is InChI=1S/C19H32N2/c1-16(2)13-20-14-19(10-5-6-11-19)15-21(4)18-9-7-8-17(3)12-18/h7-9,12,16,20H,5-6,10-11,13-15H2,1-4H3. The van der Waals surface area contributed by atoms with Crippen molar-refractivity contribution in [2.24, 2.45) is 11.3 Å². The number of anilines is 1. The van der Waals surface area contributed by atoms with Gasteiger partial charge in [0.25, 0.3) is 0 Å². The van der Waals surface area contributed by atoms with E-state index in [1.54, 1.807) is 0 Å². The fourth-order valence-electron chi connectivity index (χ4n) is 3.60. The molecule has 1 aliphatic carbocycles. The molecule has 21 heavy (non-hydrogen) atoms. The Labute approximate surface area is 130 Å². The third-order valence-electron chi connectivity index (χ3n) is 4.73. The Balaban J connectivity index is 1.98. The highest BCUT2D eigenvalue weighted by Crippen LogP contribution is 2.39. The molecule has 0 spiro atoms. The molecule has 0 atom stereocenters. The van der Waals surface area contributed by atoms with Crippen LogP contribution in [-0.2, 0) is 0 Å². The normalized spacial score (nSPS) is 17.4. The summed E-state index contributed by atoms with van der Waals surface area (Å²) in [4.78, 5) is 2.45. The predicted molar refractivity (Wildman–Crippen MR) is 93.1 cm³/mol. The van der Waals surface area contributed by atoms with Crippen LogP contribution in [0, 0.1) is 18.3 Å². The van der Waals surface area contributed by atoms with Crippen molar-refractivity contribution in [1.29, 1.82) is 0 Å². The summed E-state index contributed by atoms with van der Waals surface area (Å²) in [6.45, 7) is 10.2. The summed E-state index contributed by atoms with van der Waals surface area (Å²) in [6.07, 6.45) is 5.53. The SMILES string of the molecule is Cc1cccc(N(C)CC2(CNCC(C)C)CCCC2)c1. The molecule has 1 aliphatic rings. The molecule has 1 aromatic carbocycles. The molecule has 0 amide bonds. The van der Waals surface area contributed by atoms with Crippen molar-refractivity contribution in [1.82, 2.24) is 5.32 Å². The molecule has 0 bridgehead atoms. The quantitative estimate of drug-likeness (QED) is 0.807. The highest BCUT2D eigenvalue weighted by atomic mass is 15.1. The first-order chi connectivity index (χ1) is 10.0. The predicted octanol–water partition coefficient (Wildman–Crippen LogP) is 4.24. The van der Waals surface area contributed by atoms with Gasteiger partial charge in [-0.1, -0.05) is 38.8 Å². The molecule has 0 radical (unpaired) electrons. The second-order valence-electron chi connectivity index (χ2n) is 7.43. The van der Waals surface area contributed by atoms with Crippen LogP contribution in [0.3, 0.4) is 0 Å². The Morgan fingerprint density at radius 2 is 1.95 bits per heavy atom. The molecule has 0 aliphatic heterocycles. The molecule has 1 aromatic rings. The van der Waals surface area contributed by atoms with Crippen LogP contribution in [0.5, 0.6) is 0 Å². The fraction of sp³-hybridized carbons (Fsp3) is 0.684. The van der Waals surface area contributed by atoms with Gasteiger partial charge in [-0.25, -0.2) is 0 Å². The Hall–Kier alpha value is -1.02. The second-order valence-corrected chi connectivity index (χ2v) is 7.43. The molecule has 0 unspecified atom stereocenters. The van der Waals surface area contributed by atoms with E-state index in [2.05, 4.69) is 62.3 Å². The monoisotopic (exact) mass is 288 g/mol. The second kappa shape index (κ2) is 7.31. The molecule has 0 saturated heterocycles. The molecule has 1 saturated carbocycles. The lowest BCUT2D eigenvalue weighted by Crippen LogP contribution is -2.42. The van der Waals surface area contributed by atoms with Crippen LogP contribution in [0.4, 0.5) is 5.69 Å². The van der Waals surface area contributed by atoms with E-state index in [1.165, 1.54) is 50.0 Å². The minimum Gasteiger partial charge on any atom is -0.374 e. The van der Waals surface area contributed by atoms with E-state index < -0.39 is 0 Å². The van der Waals surface area contributed by atoms with E-state index in [1.807, 2.05) is 0 Å². The fourth-order valence-corrected chi connectivity index (χ4v) is 3.60. The first kappa shape index (κ1) is 16.4. The molecule has 0 aromatic heterocycles. The smallest absolute Gasteiger partial charge is 0.0366 e. The summed E-state index contributed by atoms with van der Waals surface area (Å²) in [5, 5.41) is 3.71. The topological polar surface area (TPSA) is 15.3 Å². The zero-order valence-electron chi connectivity index (χ0n) is 14.3. The van der Waals surface area contributed by atoms with Crippen molar-refractivity contribution in [3.8, 4) is 0 Å². The largest absolute Gasteiger partial charge is 0.374 e. The number of nitrogens with one attached hydrogen (secondary N) is 1. The van der Waals surface area contributed by atoms with Gasteiger partial charge in [0.15, 0.2) is 0 Å². The number of aryl methyl sites for hydroxylation is 1. The van der Waals surface area contributed by atoms with E-state index in [0.29, 0.717) is 5.41 Å². The third-order valence-corrected chi connectivity index (χ3v) is 4.73. The van der Waals surface area contributed by atoms with Crippen LogP contribution < -0.4 is 10.2 Å². The van der Waals surface area contributed by atoms with Gasteiger partial charge in [0.2, 0.25) is 0 Å². The Kier molecular flexibility index (Phi) is 5.69. The van der Waals surface area contributed by atoms with Crippen molar-refractivity contribution in [2.75, 3.05) is 31.6 Å². The number of hydrogen-bond donors (Lipinski definition) is 1. The molecular formula is C19H32N2. The Morgan fingerprint density at radius 3 is 2.57 bits per heavy atom. The number of benzene rings is 1. The first-order valence-electron chi connectivity index (χ1n) is 8.49. The summed E-state index contributed by atoms with van der Waals surface area (Å²) >= 11 is 0. The summed E-state index contributed by atoms with van der Waals surface area (Å²) in [5.74, 6) is 0.734. The minimum absolute atomic E-state index is 0.466. The van der Waals surface area contributed by atoms with Gasteiger partial charge in [-0.05, 0) is 49.9 Å². The highest BCUT2D eigenvalue weighted by molar-refractivity contribution is 5.47. The molecular weight excluding hydrogens is 256 g/mol. The number of hydrogen-bond acceptors (Lipinski definition) is 2. The van der Waals surface area contributed by atoms with Crippen molar-refractivity contribution in [3.63, 3.8) is 0 Å². The van der Waals surface area contributed by atoms with Crippen molar-refractivity contribution >= 4 is 5.69 Å². The van der Waals surface area contributed by atoms with Gasteiger partial charge >= 0.3 is 0 Å². The van der Waals surface area contributed by atoms with E-state index in [0.717, 1.165) is 12.5 Å². The number of nitrogens with zero attached hydrogens (tertiary/aromatic N) is 1. The highest BCUT2D eigenvalue weighted by Gasteiger charge is 2.34. The van der Waals surface area contributed by atoms with Crippen molar-refractivity contribution in [2.45, 2.75) is 46.5 Å². The van der Waals surface area contributed by atoms with Crippen LogP contribution in [0.15, 0.2) is 24.3 Å². The summed E-state index contributed by atoms with van der Waals surface area (Å²) in [7, 11) is 2.25. The number of rotatable bonds is 7. The average molecular weight is 288 g/mol. The van der Waals surface area contributed by atoms with Gasteiger partial charge < -0.3 is 10.2 Å². The lowest BCUT2D eigenvalue weighted by atomic mass is 9.85. The van der Waals surface area contributed by atoms with Crippen LogP contribution in [0.2, 0.25) is 0 Å². The Bertz CT molecular complexity index is 433. The lowest BCUT2D eigenvalue weighted by molar-refractivity contribution is 0.282. The maximum absolute atomic E-state index is 3.71. The molecule has 2 rings (SSSR count). The zero-order valence-corrected chi connectivity index (χ0v) is 14.3. The van der Waals surface area contributed by atoms with Gasteiger partial charge in [0, 0.05) is 31.2 Å². The van der Waals surface area contributed by atoms with Crippen molar-refractivity contribution in [3.05, 3.63) is 29.8 Å². The maximum atomic E-state index is 3.71. The molecule has 118 valence electrons. The van der Waals surface area contributed by atoms with Gasteiger partial charge in [-0.3, -0.25) is 0 Å². The van der Waals surface area contributed by atoms with Crippen LogP contribution in [0.1, 0.15) is 45.1 Å². The molecule has 1 fully saturated rings. The summed E-state index contributed by atoms with van der Waals surface area (Å²) < 4.78 is 0. The zero-order chi connectivity index (χ0) is 15.3. The van der Waals surface area contributed by atoms with Crippen LogP contribution >= 0.6 is 0 Å². The van der Waals surface area contributed by atoms with E-state index in [9.17, 15) is 0 Å². The molecule has 1 N–H and O–H groups in total. The third kappa shape index (κ3) is 4.74. The van der Waals surface area contributed by atoms with Gasteiger partial charge in [0.05, 0.1) is 0 Å². The van der Waals surface area contributed by atoms with Gasteiger partial charge in [-0.15, -0.1) is 0 Å². The minimum atomic E-state index is 0.466. The molecule has 0 heterocycles. The summed E-state index contributed by atoms with van der Waals surface area (Å²) in [5.41, 5.74) is 3.16. The van der Waals surface area contributed by atoms with Gasteiger partial charge in [0.1, 0.15) is 0 Å². The van der Waals surface area contributed by atoms with Gasteiger partial charge in [-0.2, -0.15) is 0 Å². The molecule has 2 heteroatoms. The average Bonchev–Trinajstić information content (AvgIpc) is 2.87. The molecule has 2 nitrogen and oxygen atoms in total. The van der Waals surface area contributed by atoms with E-state index in [4.69, 9.17) is 0 Å². The van der Waals surface area contributed by atoms with E-state index in [-0.39, 0.29) is 0 Å². The first-order valence-corrected chi connectivity index (χ1v) is 8.49. The van der Waals surface area contributed by atoms with E-state index >= 15 is 0 Å². The van der Waals surface area contributed by atoms with Crippen molar-refractivity contribution < 1.29 is 0 Å². The lowest BCUT2D eigenvalue weighted by Gasteiger charge is -2.35. The maximum Gasteiger partial charge on any atom is 0.0366 e. The Morgan fingerprint density at radius 1 is 1.24 bits per heavy atom. The summed E-state index contributed by atoms with van der Waals surface area (Å²) in [6, 6.07) is 8.87. The van der Waals surface area contributed by atoms with Crippen LogP contribution in [0.25, 0.3) is 0 Å². The van der Waals surface area contributed by atoms with Crippen LogP contribution in [-0.4, -0.2) is 26.7 Å².